The third kappa shape index (κ3) is 5.56. The second-order valence-corrected chi connectivity index (χ2v) is 8.92. The molecular weight excluding hydrogens is 506 g/mol. The number of rotatable bonds is 9. The molecule has 3 atom stereocenters. The quantitative estimate of drug-likeness (QED) is 0.182. The maximum absolute atomic E-state index is 13.1. The van der Waals surface area contributed by atoms with Crippen LogP contribution in [0.1, 0.15) is 48.6 Å². The summed E-state index contributed by atoms with van der Waals surface area (Å²) in [5.74, 6) is -1.77. The Morgan fingerprint density at radius 2 is 1.85 bits per heavy atom. The largest absolute Gasteiger partial charge is 0.463 e. The third-order valence-corrected chi connectivity index (χ3v) is 6.62. The van der Waals surface area contributed by atoms with Crippen LogP contribution < -0.4 is 0 Å². The van der Waals surface area contributed by atoms with Gasteiger partial charge < -0.3 is 4.74 Å². The first-order valence-electron chi connectivity index (χ1n) is 10.8. The van der Waals surface area contributed by atoms with Crippen LogP contribution in [-0.4, -0.2) is 34.2 Å². The van der Waals surface area contributed by atoms with Gasteiger partial charge in [0, 0.05) is 21.9 Å². The number of non-ortho nitro benzene ring substituents is 1. The standard InChI is InChI=1S/C24H24BrN3O6/c1-3-34-24(29)22-20(13-12-19(25)16-8-5-4-6-9-16)26-15(2)23(28(32)33)21(22)17-10-7-11-18(14-17)27(30)31/h4-11,14,19,21,23H,3,12-13H2,1-2H3. The van der Waals surface area contributed by atoms with E-state index < -0.39 is 27.8 Å². The number of nitrogens with zero attached hydrogens (tertiary/aromatic N) is 3. The van der Waals surface area contributed by atoms with E-state index in [1.165, 1.54) is 18.2 Å². The fourth-order valence-electron chi connectivity index (χ4n) is 4.11. The normalized spacial score (nSPS) is 18.7. The molecule has 3 rings (SSSR count). The van der Waals surface area contributed by atoms with Gasteiger partial charge in [-0.05, 0) is 37.8 Å². The number of allylic oxidation sites excluding steroid dienone is 1. The van der Waals surface area contributed by atoms with Gasteiger partial charge in [-0.3, -0.25) is 25.2 Å². The molecule has 0 spiro atoms. The van der Waals surface area contributed by atoms with E-state index in [2.05, 4.69) is 20.9 Å². The van der Waals surface area contributed by atoms with Crippen molar-refractivity contribution >= 4 is 33.3 Å². The summed E-state index contributed by atoms with van der Waals surface area (Å²) in [4.78, 5) is 39.9. The van der Waals surface area contributed by atoms with Gasteiger partial charge in [0.25, 0.3) is 11.7 Å². The van der Waals surface area contributed by atoms with Crippen molar-refractivity contribution in [3.05, 3.63) is 97.2 Å². The topological polar surface area (TPSA) is 125 Å². The van der Waals surface area contributed by atoms with Gasteiger partial charge in [0.15, 0.2) is 0 Å². The molecule has 2 aromatic carbocycles. The highest BCUT2D eigenvalue weighted by Gasteiger charge is 2.45. The lowest BCUT2D eigenvalue weighted by atomic mass is 9.79. The molecule has 34 heavy (non-hydrogen) atoms. The summed E-state index contributed by atoms with van der Waals surface area (Å²) in [6, 6.07) is 14.0. The second kappa shape index (κ2) is 11.1. The van der Waals surface area contributed by atoms with Gasteiger partial charge in [0.2, 0.25) is 0 Å². The Kier molecular flexibility index (Phi) is 8.27. The van der Waals surface area contributed by atoms with Gasteiger partial charge in [-0.2, -0.15) is 0 Å². The predicted octanol–water partition coefficient (Wildman–Crippen LogP) is 5.53. The summed E-state index contributed by atoms with van der Waals surface area (Å²) in [6.45, 7) is 3.27. The molecule has 3 unspecified atom stereocenters. The number of nitro groups is 2. The van der Waals surface area contributed by atoms with E-state index >= 15 is 0 Å². The number of benzene rings is 2. The highest BCUT2D eigenvalue weighted by Crippen LogP contribution is 2.40. The molecule has 178 valence electrons. The summed E-state index contributed by atoms with van der Waals surface area (Å²) in [6.07, 6.45) is 0.927. The first-order valence-corrected chi connectivity index (χ1v) is 11.7. The third-order valence-electron chi connectivity index (χ3n) is 5.64. The van der Waals surface area contributed by atoms with Crippen molar-refractivity contribution in [1.29, 1.82) is 0 Å². The van der Waals surface area contributed by atoms with Crippen LogP contribution in [0, 0.1) is 20.2 Å². The van der Waals surface area contributed by atoms with Gasteiger partial charge in [0.1, 0.15) is 0 Å². The molecule has 0 radical (unpaired) electrons. The van der Waals surface area contributed by atoms with Crippen LogP contribution in [0.25, 0.3) is 0 Å². The molecule has 1 aliphatic heterocycles. The molecule has 10 heteroatoms. The van der Waals surface area contributed by atoms with E-state index in [0.717, 1.165) is 5.56 Å². The van der Waals surface area contributed by atoms with Crippen LogP contribution in [-0.2, 0) is 9.53 Å². The van der Waals surface area contributed by atoms with Gasteiger partial charge in [0.05, 0.1) is 34.4 Å². The molecular formula is C24H24BrN3O6. The first kappa shape index (κ1) is 25.2. The lowest BCUT2D eigenvalue weighted by Crippen LogP contribution is -2.40. The van der Waals surface area contributed by atoms with Crippen molar-refractivity contribution in [2.24, 2.45) is 4.99 Å². The summed E-state index contributed by atoms with van der Waals surface area (Å²) < 4.78 is 5.26. The van der Waals surface area contributed by atoms with E-state index in [4.69, 9.17) is 4.74 Å². The summed E-state index contributed by atoms with van der Waals surface area (Å²) in [5, 5.41) is 23.4. The SMILES string of the molecule is CCOC(=O)C1=C(CCC(Br)c2ccccc2)N=C(C)C([N+](=O)[O-])C1c1cccc([N+](=O)[O-])c1. The Balaban J connectivity index is 2.10. The molecule has 1 aliphatic rings. The van der Waals surface area contributed by atoms with Gasteiger partial charge in [-0.25, -0.2) is 4.79 Å². The van der Waals surface area contributed by atoms with Crippen molar-refractivity contribution in [2.45, 2.75) is 43.5 Å². The second-order valence-electron chi connectivity index (χ2n) is 7.81. The molecule has 0 saturated carbocycles. The maximum Gasteiger partial charge on any atom is 0.336 e. The lowest BCUT2D eigenvalue weighted by Gasteiger charge is -2.28. The van der Waals surface area contributed by atoms with E-state index in [9.17, 15) is 25.0 Å². The average molecular weight is 530 g/mol. The maximum atomic E-state index is 13.1. The number of hydrogen-bond donors (Lipinski definition) is 0. The van der Waals surface area contributed by atoms with Gasteiger partial charge in [-0.1, -0.05) is 58.4 Å². The average Bonchev–Trinajstić information content (AvgIpc) is 2.82. The highest BCUT2D eigenvalue weighted by molar-refractivity contribution is 9.09. The number of hydrogen-bond acceptors (Lipinski definition) is 7. The molecule has 0 saturated heterocycles. The van der Waals surface area contributed by atoms with Crippen molar-refractivity contribution in [3.63, 3.8) is 0 Å². The smallest absolute Gasteiger partial charge is 0.336 e. The molecule has 1 heterocycles. The minimum Gasteiger partial charge on any atom is -0.463 e. The number of alkyl halides is 1. The van der Waals surface area contributed by atoms with E-state index in [-0.39, 0.29) is 28.4 Å². The molecule has 0 aliphatic carbocycles. The first-order chi connectivity index (χ1) is 16.2. The lowest BCUT2D eigenvalue weighted by molar-refractivity contribution is -0.505. The van der Waals surface area contributed by atoms with Crippen LogP contribution in [0.15, 0.2) is 70.9 Å². The molecule has 0 bridgehead atoms. The van der Waals surface area contributed by atoms with Crippen LogP contribution in [0.5, 0.6) is 0 Å². The fraction of sp³-hybridized carbons (Fsp3) is 0.333. The number of halogens is 1. The van der Waals surface area contributed by atoms with Crippen molar-refractivity contribution in [3.8, 4) is 0 Å². The van der Waals surface area contributed by atoms with Crippen molar-refractivity contribution in [1.82, 2.24) is 0 Å². The predicted molar refractivity (Wildman–Crippen MR) is 131 cm³/mol. The van der Waals surface area contributed by atoms with E-state index in [0.29, 0.717) is 24.1 Å². The molecule has 0 fully saturated rings. The number of carbonyl (C=O) groups excluding carboxylic acids is 1. The number of ether oxygens (including phenoxy) is 1. The van der Waals surface area contributed by atoms with Crippen LogP contribution in [0.4, 0.5) is 5.69 Å². The van der Waals surface area contributed by atoms with Gasteiger partial charge >= 0.3 is 5.97 Å². The number of carbonyl (C=O) groups is 1. The Hall–Kier alpha value is -3.40. The number of aliphatic imine (C=N–C) groups is 1. The fourth-order valence-corrected chi connectivity index (χ4v) is 4.64. The summed E-state index contributed by atoms with van der Waals surface area (Å²) >= 11 is 3.67. The Bertz CT molecular complexity index is 1150. The molecule has 0 N–H and O–H groups in total. The minimum atomic E-state index is -1.35. The van der Waals surface area contributed by atoms with Crippen molar-refractivity contribution in [2.75, 3.05) is 6.61 Å². The van der Waals surface area contributed by atoms with E-state index in [1.807, 2.05) is 30.3 Å². The zero-order valence-electron chi connectivity index (χ0n) is 18.7. The minimum absolute atomic E-state index is 0.0235. The molecule has 0 amide bonds. The Morgan fingerprint density at radius 3 is 2.47 bits per heavy atom. The number of nitro benzene ring substituents is 1. The van der Waals surface area contributed by atoms with Crippen LogP contribution >= 0.6 is 15.9 Å². The van der Waals surface area contributed by atoms with Crippen LogP contribution in [0.2, 0.25) is 0 Å². The summed E-state index contributed by atoms with van der Waals surface area (Å²) in [5.41, 5.74) is 1.83. The van der Waals surface area contributed by atoms with Crippen LogP contribution in [0.3, 0.4) is 0 Å². The zero-order valence-corrected chi connectivity index (χ0v) is 20.3. The summed E-state index contributed by atoms with van der Waals surface area (Å²) in [7, 11) is 0. The molecule has 0 aromatic heterocycles. The monoisotopic (exact) mass is 529 g/mol. The van der Waals surface area contributed by atoms with E-state index in [1.54, 1.807) is 19.9 Å². The highest BCUT2D eigenvalue weighted by atomic mass is 79.9. The van der Waals surface area contributed by atoms with Gasteiger partial charge in [-0.15, -0.1) is 0 Å². The van der Waals surface area contributed by atoms with Crippen molar-refractivity contribution < 1.29 is 19.4 Å². The zero-order chi connectivity index (χ0) is 24.8. The molecule has 2 aromatic rings. The Labute approximate surface area is 205 Å². The number of esters is 1. The molecule has 9 nitrogen and oxygen atoms in total. The Morgan fingerprint density at radius 1 is 1.15 bits per heavy atom.